The van der Waals surface area contributed by atoms with Crippen molar-refractivity contribution in [3.05, 3.63) is 11.9 Å². The molecule has 0 aromatic carbocycles. The standard InChI is InChI=1S/C20H35N3O4S/c1-16-12-22(13-17(2)27-16)14-19-11-21-20(23(19)9-10-26-3)28(24,25)15-18-7-5-4-6-8-18/h11,16-18H,4-10,12-15H2,1-3H3/t16-,17+. The van der Waals surface area contributed by atoms with Crippen LogP contribution < -0.4 is 0 Å². The number of morpholine rings is 1. The first kappa shape index (κ1) is 21.7. The first-order valence-corrected chi connectivity index (χ1v) is 12.2. The molecule has 2 atom stereocenters. The van der Waals surface area contributed by atoms with E-state index in [1.807, 2.05) is 4.57 Å². The van der Waals surface area contributed by atoms with E-state index >= 15 is 0 Å². The Morgan fingerprint density at radius 1 is 1.18 bits per heavy atom. The van der Waals surface area contributed by atoms with Gasteiger partial charge in [0.15, 0.2) is 0 Å². The van der Waals surface area contributed by atoms with E-state index in [4.69, 9.17) is 9.47 Å². The molecule has 28 heavy (non-hydrogen) atoms. The van der Waals surface area contributed by atoms with Crippen molar-refractivity contribution in [2.45, 2.75) is 76.4 Å². The zero-order valence-corrected chi connectivity index (χ0v) is 18.3. The fourth-order valence-electron chi connectivity index (χ4n) is 4.57. The van der Waals surface area contributed by atoms with E-state index in [9.17, 15) is 8.42 Å². The van der Waals surface area contributed by atoms with Crippen LogP contribution in [0.25, 0.3) is 0 Å². The number of hydrogen-bond acceptors (Lipinski definition) is 6. The Hall–Kier alpha value is -0.960. The minimum Gasteiger partial charge on any atom is -0.383 e. The van der Waals surface area contributed by atoms with Gasteiger partial charge in [-0.2, -0.15) is 0 Å². The highest BCUT2D eigenvalue weighted by Gasteiger charge is 2.29. The van der Waals surface area contributed by atoms with Crippen LogP contribution in [0.15, 0.2) is 11.4 Å². The zero-order valence-electron chi connectivity index (χ0n) is 17.5. The van der Waals surface area contributed by atoms with Crippen LogP contribution in [0.1, 0.15) is 51.6 Å². The molecule has 1 saturated carbocycles. The molecule has 7 nitrogen and oxygen atoms in total. The molecule has 0 radical (unpaired) electrons. The number of rotatable bonds is 8. The van der Waals surface area contributed by atoms with Crippen molar-refractivity contribution in [2.75, 3.05) is 32.6 Å². The van der Waals surface area contributed by atoms with Crippen LogP contribution in [0.4, 0.5) is 0 Å². The van der Waals surface area contributed by atoms with E-state index in [0.29, 0.717) is 19.7 Å². The monoisotopic (exact) mass is 413 g/mol. The van der Waals surface area contributed by atoms with Crippen LogP contribution in [-0.4, -0.2) is 67.6 Å². The van der Waals surface area contributed by atoms with E-state index in [2.05, 4.69) is 23.7 Å². The van der Waals surface area contributed by atoms with Crippen LogP contribution in [0, 0.1) is 5.92 Å². The Morgan fingerprint density at radius 3 is 2.50 bits per heavy atom. The summed E-state index contributed by atoms with van der Waals surface area (Å²) in [7, 11) is -1.77. The second-order valence-electron chi connectivity index (χ2n) is 8.41. The maximum atomic E-state index is 13.1. The predicted molar refractivity (Wildman–Crippen MR) is 108 cm³/mol. The minimum atomic E-state index is -3.41. The van der Waals surface area contributed by atoms with Crippen LogP contribution in [0.5, 0.6) is 0 Å². The molecule has 0 spiro atoms. The molecular formula is C20H35N3O4S. The fraction of sp³-hybridized carbons (Fsp3) is 0.850. The Morgan fingerprint density at radius 2 is 1.86 bits per heavy atom. The highest BCUT2D eigenvalue weighted by Crippen LogP contribution is 2.27. The number of imidazole rings is 1. The lowest BCUT2D eigenvalue weighted by molar-refractivity contribution is -0.0710. The van der Waals surface area contributed by atoms with Gasteiger partial charge in [-0.05, 0) is 32.6 Å². The smallest absolute Gasteiger partial charge is 0.227 e. The van der Waals surface area contributed by atoms with Gasteiger partial charge in [0.25, 0.3) is 0 Å². The molecule has 0 unspecified atom stereocenters. The van der Waals surface area contributed by atoms with Crippen LogP contribution in [0.2, 0.25) is 0 Å². The molecule has 1 aromatic rings. The molecule has 160 valence electrons. The molecule has 1 aromatic heterocycles. The molecule has 2 heterocycles. The summed E-state index contributed by atoms with van der Waals surface area (Å²) >= 11 is 0. The third kappa shape index (κ3) is 5.55. The Bertz CT molecular complexity index is 718. The quantitative estimate of drug-likeness (QED) is 0.652. The number of hydrogen-bond donors (Lipinski definition) is 0. The van der Waals surface area contributed by atoms with Gasteiger partial charge < -0.3 is 14.0 Å². The summed E-state index contributed by atoms with van der Waals surface area (Å²) in [5, 5.41) is 0.208. The van der Waals surface area contributed by atoms with Crippen molar-refractivity contribution in [1.29, 1.82) is 0 Å². The molecule has 2 aliphatic rings. The third-order valence-corrected chi connectivity index (χ3v) is 7.55. The molecule has 2 fully saturated rings. The Kier molecular flexibility index (Phi) is 7.53. The molecule has 0 bridgehead atoms. The van der Waals surface area contributed by atoms with E-state index in [0.717, 1.165) is 44.5 Å². The molecule has 1 aliphatic heterocycles. The molecule has 0 amide bonds. The van der Waals surface area contributed by atoms with Gasteiger partial charge in [-0.15, -0.1) is 0 Å². The molecule has 1 aliphatic carbocycles. The van der Waals surface area contributed by atoms with Gasteiger partial charge in [0.2, 0.25) is 15.0 Å². The van der Waals surface area contributed by atoms with Gasteiger partial charge in [0.05, 0.1) is 36.5 Å². The Balaban J connectivity index is 1.78. The molecule has 0 N–H and O–H groups in total. The first-order valence-electron chi connectivity index (χ1n) is 10.5. The number of methoxy groups -OCH3 is 1. The first-order chi connectivity index (χ1) is 13.4. The summed E-state index contributed by atoms with van der Waals surface area (Å²) in [6.45, 7) is 7.46. The van der Waals surface area contributed by atoms with E-state index in [1.54, 1.807) is 13.3 Å². The minimum absolute atomic E-state index is 0.175. The van der Waals surface area contributed by atoms with Gasteiger partial charge in [0.1, 0.15) is 0 Å². The molecular weight excluding hydrogens is 378 g/mol. The summed E-state index contributed by atoms with van der Waals surface area (Å²) in [5.74, 6) is 0.470. The van der Waals surface area contributed by atoms with Crippen molar-refractivity contribution >= 4 is 9.84 Å². The van der Waals surface area contributed by atoms with Gasteiger partial charge in [-0.1, -0.05) is 19.3 Å². The maximum Gasteiger partial charge on any atom is 0.227 e. The van der Waals surface area contributed by atoms with Crippen molar-refractivity contribution in [1.82, 2.24) is 14.5 Å². The topological polar surface area (TPSA) is 73.7 Å². The highest BCUT2D eigenvalue weighted by molar-refractivity contribution is 7.91. The summed E-state index contributed by atoms with van der Waals surface area (Å²) in [4.78, 5) is 6.69. The summed E-state index contributed by atoms with van der Waals surface area (Å²) in [6.07, 6.45) is 7.59. The van der Waals surface area contributed by atoms with Crippen molar-refractivity contribution in [2.24, 2.45) is 5.92 Å². The zero-order chi connectivity index (χ0) is 20.1. The van der Waals surface area contributed by atoms with Crippen LogP contribution in [-0.2, 0) is 32.4 Å². The Labute approximate surface area is 169 Å². The maximum absolute atomic E-state index is 13.1. The summed E-state index contributed by atoms with van der Waals surface area (Å²) in [5.41, 5.74) is 0.931. The summed E-state index contributed by atoms with van der Waals surface area (Å²) < 4.78 is 39.2. The second kappa shape index (κ2) is 9.69. The van der Waals surface area contributed by atoms with Gasteiger partial charge in [-0.25, -0.2) is 13.4 Å². The van der Waals surface area contributed by atoms with Gasteiger partial charge >= 0.3 is 0 Å². The lowest BCUT2D eigenvalue weighted by atomic mass is 9.91. The molecule has 3 rings (SSSR count). The predicted octanol–water partition coefficient (Wildman–Crippen LogP) is 2.49. The third-order valence-electron chi connectivity index (χ3n) is 5.76. The van der Waals surface area contributed by atoms with Crippen molar-refractivity contribution in [3.8, 4) is 0 Å². The van der Waals surface area contributed by atoms with E-state index < -0.39 is 9.84 Å². The largest absolute Gasteiger partial charge is 0.383 e. The van der Waals surface area contributed by atoms with Crippen LogP contribution in [0.3, 0.4) is 0 Å². The number of ether oxygens (including phenoxy) is 2. The fourth-order valence-corrected chi connectivity index (χ4v) is 6.43. The van der Waals surface area contributed by atoms with Crippen molar-refractivity contribution < 1.29 is 17.9 Å². The van der Waals surface area contributed by atoms with Crippen LogP contribution >= 0.6 is 0 Å². The molecule has 1 saturated heterocycles. The molecule has 8 heteroatoms. The van der Waals surface area contributed by atoms with Gasteiger partial charge in [0, 0.05) is 33.3 Å². The average Bonchev–Trinajstić information content (AvgIpc) is 3.03. The van der Waals surface area contributed by atoms with E-state index in [-0.39, 0.29) is 29.0 Å². The second-order valence-corrected chi connectivity index (χ2v) is 10.3. The summed E-state index contributed by atoms with van der Waals surface area (Å²) in [6, 6.07) is 0. The van der Waals surface area contributed by atoms with Crippen molar-refractivity contribution in [3.63, 3.8) is 0 Å². The number of nitrogens with zero attached hydrogens (tertiary/aromatic N) is 3. The highest BCUT2D eigenvalue weighted by atomic mass is 32.2. The van der Waals surface area contributed by atoms with E-state index in [1.165, 1.54) is 6.42 Å². The number of aromatic nitrogens is 2. The lowest BCUT2D eigenvalue weighted by Gasteiger charge is -2.35. The average molecular weight is 414 g/mol. The lowest BCUT2D eigenvalue weighted by Crippen LogP contribution is -2.45. The SMILES string of the molecule is COCCn1c(CN2C[C@@H](C)O[C@@H](C)C2)cnc1S(=O)(=O)CC1CCCCC1. The number of sulfone groups is 1. The van der Waals surface area contributed by atoms with Gasteiger partial charge in [-0.3, -0.25) is 4.90 Å². The normalized spacial score (nSPS) is 25.2.